The van der Waals surface area contributed by atoms with Crippen LogP contribution in [0.3, 0.4) is 0 Å². The molecule has 136 valence electrons. The van der Waals surface area contributed by atoms with Gasteiger partial charge in [0.2, 0.25) is 0 Å². The zero-order chi connectivity index (χ0) is 18.0. The van der Waals surface area contributed by atoms with Crippen LogP contribution in [0.5, 0.6) is 0 Å². The Kier molecular flexibility index (Phi) is 5.34. The second-order valence-corrected chi connectivity index (χ2v) is 7.01. The lowest BCUT2D eigenvalue weighted by atomic mass is 9.96. The van der Waals surface area contributed by atoms with Crippen molar-refractivity contribution in [2.75, 3.05) is 39.3 Å². The molecule has 0 aromatic rings. The predicted octanol–water partition coefficient (Wildman–Crippen LogP) is -0.570. The molecular formula is C15H26N4O5. The van der Waals surface area contributed by atoms with Crippen molar-refractivity contribution in [3.63, 3.8) is 0 Å². The molecule has 0 radical (unpaired) electrons. The highest BCUT2D eigenvalue weighted by molar-refractivity contribution is 5.94. The van der Waals surface area contributed by atoms with Gasteiger partial charge in [-0.3, -0.25) is 19.4 Å². The number of nitrogens with one attached hydrogen (secondary N) is 2. The van der Waals surface area contributed by atoms with Gasteiger partial charge in [0.15, 0.2) is 5.66 Å². The maximum Gasteiger partial charge on any atom is 0.412 e. The van der Waals surface area contributed by atoms with Crippen LogP contribution in [0.1, 0.15) is 27.2 Å². The van der Waals surface area contributed by atoms with Crippen LogP contribution >= 0.6 is 0 Å². The summed E-state index contributed by atoms with van der Waals surface area (Å²) < 4.78 is 5.42. The summed E-state index contributed by atoms with van der Waals surface area (Å²) in [5.41, 5.74) is -2.29. The number of hydrogen-bond donors (Lipinski definition) is 3. The first-order valence-electron chi connectivity index (χ1n) is 8.13. The number of piperazine rings is 2. The van der Waals surface area contributed by atoms with Crippen molar-refractivity contribution in [1.82, 2.24) is 20.4 Å². The molecule has 2 heterocycles. The van der Waals surface area contributed by atoms with Crippen LogP contribution in [-0.4, -0.2) is 83.4 Å². The van der Waals surface area contributed by atoms with E-state index >= 15 is 0 Å². The maximum atomic E-state index is 12.7. The third-order valence-corrected chi connectivity index (χ3v) is 4.08. The van der Waals surface area contributed by atoms with Gasteiger partial charge in [0, 0.05) is 39.3 Å². The summed E-state index contributed by atoms with van der Waals surface area (Å²) >= 11 is 0. The average molecular weight is 342 g/mol. The molecule has 0 aromatic heterocycles. The van der Waals surface area contributed by atoms with E-state index in [-0.39, 0.29) is 13.1 Å². The van der Waals surface area contributed by atoms with Crippen molar-refractivity contribution in [2.45, 2.75) is 38.5 Å². The quantitative estimate of drug-likeness (QED) is 0.630. The monoisotopic (exact) mass is 342 g/mol. The largest absolute Gasteiger partial charge is 0.481 e. The van der Waals surface area contributed by atoms with Gasteiger partial charge in [-0.15, -0.1) is 0 Å². The number of rotatable bonds is 3. The summed E-state index contributed by atoms with van der Waals surface area (Å²) in [6.07, 6.45) is -1.16. The molecule has 0 spiro atoms. The molecule has 2 aliphatic heterocycles. The minimum atomic E-state index is -1.56. The van der Waals surface area contributed by atoms with Crippen LogP contribution in [0.25, 0.3) is 0 Å². The number of carbonyl (C=O) groups is 3. The van der Waals surface area contributed by atoms with Crippen molar-refractivity contribution in [3.05, 3.63) is 0 Å². The molecule has 2 fully saturated rings. The van der Waals surface area contributed by atoms with E-state index in [4.69, 9.17) is 4.74 Å². The van der Waals surface area contributed by atoms with E-state index in [1.54, 1.807) is 25.7 Å². The highest BCUT2D eigenvalue weighted by Gasteiger charge is 2.55. The fourth-order valence-corrected chi connectivity index (χ4v) is 3.14. The second kappa shape index (κ2) is 6.94. The molecule has 9 nitrogen and oxygen atoms in total. The van der Waals surface area contributed by atoms with E-state index in [1.165, 1.54) is 4.90 Å². The Morgan fingerprint density at radius 3 is 2.38 bits per heavy atom. The second-order valence-electron chi connectivity index (χ2n) is 7.01. The highest BCUT2D eigenvalue weighted by Crippen LogP contribution is 2.30. The molecule has 0 saturated carbocycles. The lowest BCUT2D eigenvalue weighted by Crippen LogP contribution is -2.76. The topological polar surface area (TPSA) is 111 Å². The molecule has 24 heavy (non-hydrogen) atoms. The Bertz CT molecular complexity index is 512. The van der Waals surface area contributed by atoms with Crippen LogP contribution < -0.4 is 10.6 Å². The summed E-state index contributed by atoms with van der Waals surface area (Å²) in [6.45, 7) is 7.87. The predicted molar refractivity (Wildman–Crippen MR) is 85.4 cm³/mol. The van der Waals surface area contributed by atoms with Gasteiger partial charge in [-0.2, -0.15) is 0 Å². The van der Waals surface area contributed by atoms with E-state index in [9.17, 15) is 19.5 Å². The zero-order valence-corrected chi connectivity index (χ0v) is 14.4. The van der Waals surface area contributed by atoms with Crippen LogP contribution in [-0.2, 0) is 14.3 Å². The van der Waals surface area contributed by atoms with Crippen LogP contribution in [0, 0.1) is 0 Å². The molecule has 2 amide bonds. The Morgan fingerprint density at radius 2 is 1.83 bits per heavy atom. The number of nitrogens with zero attached hydrogens (tertiary/aromatic N) is 2. The molecule has 1 unspecified atom stereocenters. The number of aliphatic carboxylic acids is 1. The number of hydrogen-bond acceptors (Lipinski definition) is 6. The first-order valence-corrected chi connectivity index (χ1v) is 8.13. The molecule has 0 aromatic carbocycles. The SMILES string of the molecule is CC(C)(C)OC(=O)N1CCNC(=O)C1(CC(=O)O)N1CCNCC1. The van der Waals surface area contributed by atoms with E-state index in [2.05, 4.69) is 10.6 Å². The smallest absolute Gasteiger partial charge is 0.412 e. The van der Waals surface area contributed by atoms with Crippen LogP contribution in [0.15, 0.2) is 0 Å². The molecule has 2 rings (SSSR count). The Morgan fingerprint density at radius 1 is 1.21 bits per heavy atom. The highest BCUT2D eigenvalue weighted by atomic mass is 16.6. The summed E-state index contributed by atoms with van der Waals surface area (Å²) in [6, 6.07) is 0. The molecule has 3 N–H and O–H groups in total. The van der Waals surface area contributed by atoms with Crippen molar-refractivity contribution in [3.8, 4) is 0 Å². The van der Waals surface area contributed by atoms with Crippen LogP contribution in [0.4, 0.5) is 4.79 Å². The zero-order valence-electron chi connectivity index (χ0n) is 14.4. The summed E-state index contributed by atoms with van der Waals surface area (Å²) in [7, 11) is 0. The van der Waals surface area contributed by atoms with Gasteiger partial charge in [0.05, 0.1) is 6.42 Å². The molecular weight excluding hydrogens is 316 g/mol. The standard InChI is InChI=1S/C15H26N4O5/c1-14(2,3)24-13(23)19-9-6-17-12(22)15(19,10-11(20)21)18-7-4-16-5-8-18/h16H,4-10H2,1-3H3,(H,17,22)(H,20,21). The van der Waals surface area contributed by atoms with Gasteiger partial charge in [-0.1, -0.05) is 0 Å². The van der Waals surface area contributed by atoms with Gasteiger partial charge >= 0.3 is 12.1 Å². The van der Waals surface area contributed by atoms with Crippen LogP contribution in [0.2, 0.25) is 0 Å². The Hall–Kier alpha value is -1.87. The number of ether oxygens (including phenoxy) is 1. The van der Waals surface area contributed by atoms with E-state index in [0.717, 1.165) is 0 Å². The normalized spacial score (nSPS) is 26.0. The minimum Gasteiger partial charge on any atom is -0.481 e. The maximum absolute atomic E-state index is 12.7. The number of carboxylic acids is 1. The Balaban J connectivity index is 2.41. The van der Waals surface area contributed by atoms with Crippen molar-refractivity contribution >= 4 is 18.0 Å². The van der Waals surface area contributed by atoms with Gasteiger partial charge in [-0.25, -0.2) is 4.79 Å². The van der Waals surface area contributed by atoms with E-state index in [0.29, 0.717) is 26.2 Å². The van der Waals surface area contributed by atoms with Gasteiger partial charge < -0.3 is 20.5 Å². The van der Waals surface area contributed by atoms with Crippen molar-refractivity contribution < 1.29 is 24.2 Å². The van der Waals surface area contributed by atoms with Crippen molar-refractivity contribution in [2.24, 2.45) is 0 Å². The average Bonchev–Trinajstić information content (AvgIpc) is 2.48. The van der Waals surface area contributed by atoms with Gasteiger partial charge in [0.25, 0.3) is 5.91 Å². The fraction of sp³-hybridized carbons (Fsp3) is 0.800. The molecule has 2 aliphatic rings. The third kappa shape index (κ3) is 3.78. The number of amides is 2. The third-order valence-electron chi connectivity index (χ3n) is 4.08. The molecule has 0 bridgehead atoms. The lowest BCUT2D eigenvalue weighted by Gasteiger charge is -2.51. The molecule has 2 saturated heterocycles. The Labute approximate surface area is 141 Å². The molecule has 9 heteroatoms. The van der Waals surface area contributed by atoms with Gasteiger partial charge in [0.1, 0.15) is 5.60 Å². The summed E-state index contributed by atoms with van der Waals surface area (Å²) in [5, 5.41) is 15.3. The fourth-order valence-electron chi connectivity index (χ4n) is 3.14. The van der Waals surface area contributed by atoms with E-state index < -0.39 is 35.7 Å². The number of carboxylic acid groups (broad SMARTS) is 1. The number of carbonyl (C=O) groups excluding carboxylic acids is 2. The minimum absolute atomic E-state index is 0.206. The molecule has 0 aliphatic carbocycles. The summed E-state index contributed by atoms with van der Waals surface area (Å²) in [5.74, 6) is -1.61. The summed E-state index contributed by atoms with van der Waals surface area (Å²) in [4.78, 5) is 40.0. The van der Waals surface area contributed by atoms with Crippen molar-refractivity contribution in [1.29, 1.82) is 0 Å². The first-order chi connectivity index (χ1) is 11.2. The first kappa shape index (κ1) is 18.5. The van der Waals surface area contributed by atoms with E-state index in [1.807, 2.05) is 0 Å². The lowest BCUT2D eigenvalue weighted by molar-refractivity contribution is -0.165. The molecule has 1 atom stereocenters. The van der Waals surface area contributed by atoms with Gasteiger partial charge in [-0.05, 0) is 20.8 Å².